The first-order valence-electron chi connectivity index (χ1n) is 6.93. The molecule has 0 N–H and O–H groups in total. The average Bonchev–Trinajstić information content (AvgIpc) is 2.87. The molecule has 1 amide bonds. The maximum absolute atomic E-state index is 12.2. The number of aromatic nitrogens is 2. The molecule has 0 spiro atoms. The number of carbonyl (C=O) groups is 1. The predicted molar refractivity (Wildman–Crippen MR) is 78.5 cm³/mol. The van der Waals surface area contributed by atoms with Crippen LogP contribution in [-0.2, 0) is 0 Å². The quantitative estimate of drug-likeness (QED) is 0.874. The van der Waals surface area contributed by atoms with Gasteiger partial charge in [0, 0.05) is 29.6 Å². The number of hydrogen-bond acceptors (Lipinski definition) is 4. The molecule has 2 heterocycles. The summed E-state index contributed by atoms with van der Waals surface area (Å²) in [6.07, 6.45) is 0. The molecule has 0 unspecified atom stereocenters. The molecular weight excluding hydrogens is 290 g/mol. The van der Waals surface area contributed by atoms with E-state index in [2.05, 4.69) is 10.1 Å². The number of hydrogen-bond donors (Lipinski definition) is 0. The van der Waals surface area contributed by atoms with E-state index in [0.717, 1.165) is 0 Å². The van der Waals surface area contributed by atoms with E-state index in [-0.39, 0.29) is 17.7 Å². The van der Waals surface area contributed by atoms with E-state index in [1.807, 2.05) is 13.8 Å². The molecule has 5 nitrogen and oxygen atoms in total. The number of carbonyl (C=O) groups excluding carboxylic acids is 1. The Bertz CT molecular complexity index is 645. The van der Waals surface area contributed by atoms with Crippen LogP contribution in [0.2, 0.25) is 5.02 Å². The van der Waals surface area contributed by atoms with Gasteiger partial charge < -0.3 is 9.42 Å². The van der Waals surface area contributed by atoms with Gasteiger partial charge in [0.05, 0.1) is 5.92 Å². The highest BCUT2D eigenvalue weighted by Gasteiger charge is 2.36. The molecule has 21 heavy (non-hydrogen) atoms. The molecule has 1 fully saturated rings. The lowest BCUT2D eigenvalue weighted by atomic mass is 9.98. The van der Waals surface area contributed by atoms with Crippen LogP contribution in [0.25, 0.3) is 0 Å². The van der Waals surface area contributed by atoms with E-state index in [1.165, 1.54) is 0 Å². The first-order chi connectivity index (χ1) is 10.0. The molecule has 3 rings (SSSR count). The molecule has 1 aliphatic rings. The van der Waals surface area contributed by atoms with Crippen molar-refractivity contribution in [3.05, 3.63) is 46.6 Å². The highest BCUT2D eigenvalue weighted by atomic mass is 35.5. The van der Waals surface area contributed by atoms with E-state index in [9.17, 15) is 4.79 Å². The molecular formula is C15H16ClN3O2. The fourth-order valence-electron chi connectivity index (χ4n) is 2.22. The van der Waals surface area contributed by atoms with Crippen LogP contribution in [0.5, 0.6) is 0 Å². The summed E-state index contributed by atoms with van der Waals surface area (Å²) in [4.78, 5) is 18.4. The molecule has 110 valence electrons. The largest absolute Gasteiger partial charge is 0.339 e. The predicted octanol–water partition coefficient (Wildman–Crippen LogP) is 3.09. The van der Waals surface area contributed by atoms with E-state index in [1.54, 1.807) is 29.2 Å². The van der Waals surface area contributed by atoms with Crippen molar-refractivity contribution in [1.82, 2.24) is 15.0 Å². The summed E-state index contributed by atoms with van der Waals surface area (Å²) in [6, 6.07) is 6.92. The second-order valence-electron chi connectivity index (χ2n) is 5.56. The Labute approximate surface area is 127 Å². The van der Waals surface area contributed by atoms with E-state index in [0.29, 0.717) is 35.4 Å². The number of rotatable bonds is 3. The van der Waals surface area contributed by atoms with Gasteiger partial charge in [-0.15, -0.1) is 0 Å². The van der Waals surface area contributed by atoms with Crippen molar-refractivity contribution in [2.45, 2.75) is 25.7 Å². The fourth-order valence-corrected chi connectivity index (χ4v) is 2.35. The Balaban J connectivity index is 1.62. The van der Waals surface area contributed by atoms with Gasteiger partial charge in [-0.05, 0) is 24.3 Å². The van der Waals surface area contributed by atoms with Crippen LogP contribution in [0, 0.1) is 0 Å². The zero-order chi connectivity index (χ0) is 15.0. The van der Waals surface area contributed by atoms with Crippen molar-refractivity contribution in [2.24, 2.45) is 0 Å². The zero-order valence-electron chi connectivity index (χ0n) is 11.9. The molecule has 0 atom stereocenters. The van der Waals surface area contributed by atoms with Crippen molar-refractivity contribution in [1.29, 1.82) is 0 Å². The van der Waals surface area contributed by atoms with Gasteiger partial charge in [-0.2, -0.15) is 4.98 Å². The minimum atomic E-state index is 0.00603. The summed E-state index contributed by atoms with van der Waals surface area (Å²) in [5.74, 6) is 1.73. The lowest BCUT2D eigenvalue weighted by molar-refractivity contribution is 0.0569. The summed E-state index contributed by atoms with van der Waals surface area (Å²) in [5, 5.41) is 4.58. The number of nitrogens with zero attached hydrogens (tertiary/aromatic N) is 3. The third-order valence-corrected chi connectivity index (χ3v) is 3.83. The maximum atomic E-state index is 12.2. The third kappa shape index (κ3) is 2.78. The molecule has 2 aromatic rings. The van der Waals surface area contributed by atoms with Crippen LogP contribution in [-0.4, -0.2) is 34.0 Å². The lowest BCUT2D eigenvalue weighted by Gasteiger charge is -2.37. The molecule has 0 aliphatic carbocycles. The van der Waals surface area contributed by atoms with Gasteiger partial charge in [-0.25, -0.2) is 0 Å². The Morgan fingerprint density at radius 2 is 2.00 bits per heavy atom. The SMILES string of the molecule is CC(C)c1noc(C2CN(C(=O)c3ccc(Cl)cc3)C2)n1. The van der Waals surface area contributed by atoms with Crippen molar-refractivity contribution in [3.63, 3.8) is 0 Å². The second kappa shape index (κ2) is 5.48. The Hall–Kier alpha value is -1.88. The minimum Gasteiger partial charge on any atom is -0.339 e. The fraction of sp³-hybridized carbons (Fsp3) is 0.400. The maximum Gasteiger partial charge on any atom is 0.253 e. The summed E-state index contributed by atoms with van der Waals surface area (Å²) in [7, 11) is 0. The van der Waals surface area contributed by atoms with Gasteiger partial charge in [-0.1, -0.05) is 30.6 Å². The van der Waals surface area contributed by atoms with Crippen LogP contribution >= 0.6 is 11.6 Å². The van der Waals surface area contributed by atoms with Gasteiger partial charge >= 0.3 is 0 Å². The van der Waals surface area contributed by atoms with Crippen LogP contribution in [0.15, 0.2) is 28.8 Å². The second-order valence-corrected chi connectivity index (χ2v) is 6.00. The van der Waals surface area contributed by atoms with Crippen molar-refractivity contribution < 1.29 is 9.32 Å². The lowest BCUT2D eigenvalue weighted by Crippen LogP contribution is -2.48. The molecule has 0 saturated carbocycles. The van der Waals surface area contributed by atoms with Crippen LogP contribution in [0.1, 0.15) is 47.8 Å². The van der Waals surface area contributed by atoms with E-state index >= 15 is 0 Å². The van der Waals surface area contributed by atoms with E-state index < -0.39 is 0 Å². The first kappa shape index (κ1) is 14.1. The number of benzene rings is 1. The van der Waals surface area contributed by atoms with Crippen molar-refractivity contribution in [2.75, 3.05) is 13.1 Å². The highest BCUT2D eigenvalue weighted by Crippen LogP contribution is 2.28. The van der Waals surface area contributed by atoms with Gasteiger partial charge in [-0.3, -0.25) is 4.79 Å². The summed E-state index contributed by atoms with van der Waals surface area (Å²) in [5.41, 5.74) is 0.645. The third-order valence-electron chi connectivity index (χ3n) is 3.58. The molecule has 1 aromatic heterocycles. The van der Waals surface area contributed by atoms with E-state index in [4.69, 9.17) is 16.1 Å². The smallest absolute Gasteiger partial charge is 0.253 e. The number of amides is 1. The molecule has 6 heteroatoms. The first-order valence-corrected chi connectivity index (χ1v) is 7.30. The highest BCUT2D eigenvalue weighted by molar-refractivity contribution is 6.30. The Kier molecular flexibility index (Phi) is 3.68. The average molecular weight is 306 g/mol. The van der Waals surface area contributed by atoms with Crippen LogP contribution < -0.4 is 0 Å². The minimum absolute atomic E-state index is 0.00603. The number of likely N-dealkylation sites (tertiary alicyclic amines) is 1. The number of halogens is 1. The molecule has 1 saturated heterocycles. The van der Waals surface area contributed by atoms with Crippen molar-refractivity contribution in [3.8, 4) is 0 Å². The summed E-state index contributed by atoms with van der Waals surface area (Å²) < 4.78 is 5.26. The Morgan fingerprint density at radius 1 is 1.33 bits per heavy atom. The topological polar surface area (TPSA) is 59.2 Å². The molecule has 0 radical (unpaired) electrons. The summed E-state index contributed by atoms with van der Waals surface area (Å²) >= 11 is 5.82. The monoisotopic (exact) mass is 305 g/mol. The molecule has 1 aliphatic heterocycles. The van der Waals surface area contributed by atoms with Gasteiger partial charge in [0.25, 0.3) is 5.91 Å². The van der Waals surface area contributed by atoms with Gasteiger partial charge in [0.2, 0.25) is 5.89 Å². The van der Waals surface area contributed by atoms with Crippen molar-refractivity contribution >= 4 is 17.5 Å². The molecule has 0 bridgehead atoms. The molecule has 1 aromatic carbocycles. The van der Waals surface area contributed by atoms with Gasteiger partial charge in [0.1, 0.15) is 0 Å². The Morgan fingerprint density at radius 3 is 2.57 bits per heavy atom. The zero-order valence-corrected chi connectivity index (χ0v) is 12.7. The van der Waals surface area contributed by atoms with Crippen LogP contribution in [0.3, 0.4) is 0 Å². The summed E-state index contributed by atoms with van der Waals surface area (Å²) in [6.45, 7) is 5.26. The van der Waals surface area contributed by atoms with Crippen LogP contribution in [0.4, 0.5) is 0 Å². The standard InChI is InChI=1S/C15H16ClN3O2/c1-9(2)13-17-14(21-18-13)11-7-19(8-11)15(20)10-3-5-12(16)6-4-10/h3-6,9,11H,7-8H2,1-2H3. The van der Waals surface area contributed by atoms with Gasteiger partial charge in [0.15, 0.2) is 5.82 Å². The normalized spacial score (nSPS) is 15.3.